The van der Waals surface area contributed by atoms with Gasteiger partial charge in [0.25, 0.3) is 0 Å². The molecule has 0 heterocycles. The Morgan fingerprint density at radius 3 is 2.33 bits per heavy atom. The average molecular weight is 276 g/mol. The summed E-state index contributed by atoms with van der Waals surface area (Å²) in [6, 6.07) is 13.2. The molecule has 18 heavy (non-hydrogen) atoms. The minimum absolute atomic E-state index is 1.23. The summed E-state index contributed by atoms with van der Waals surface area (Å²) < 4.78 is 0. The number of thioether (sulfide) groups is 2. The Labute approximate surface area is 119 Å². The van der Waals surface area contributed by atoms with E-state index in [1.165, 1.54) is 45.6 Å². The van der Waals surface area contributed by atoms with Crippen molar-refractivity contribution in [1.29, 1.82) is 0 Å². The van der Waals surface area contributed by atoms with E-state index in [2.05, 4.69) is 49.6 Å². The van der Waals surface area contributed by atoms with Crippen LogP contribution < -0.4 is 0 Å². The molecule has 0 atom stereocenters. The van der Waals surface area contributed by atoms with Crippen LogP contribution in [0.15, 0.2) is 46.2 Å². The third kappa shape index (κ3) is 3.24. The summed E-state index contributed by atoms with van der Waals surface area (Å²) in [4.78, 5) is 2.83. The Morgan fingerprint density at radius 1 is 0.944 bits per heavy atom. The van der Waals surface area contributed by atoms with Crippen molar-refractivity contribution in [3.05, 3.63) is 36.4 Å². The Kier molecular flexibility index (Phi) is 5.45. The van der Waals surface area contributed by atoms with E-state index in [-0.39, 0.29) is 0 Å². The van der Waals surface area contributed by atoms with Crippen LogP contribution in [0.5, 0.6) is 0 Å². The summed E-state index contributed by atoms with van der Waals surface area (Å²) in [5, 5.41) is 2.80. The second-order valence-corrected chi connectivity index (χ2v) is 6.35. The first kappa shape index (κ1) is 13.8. The SMILES string of the molecule is CCCCCSc1cccc2cccc(SC)c12. The van der Waals surface area contributed by atoms with Crippen molar-refractivity contribution in [2.24, 2.45) is 0 Å². The van der Waals surface area contributed by atoms with Crippen LogP contribution in [-0.2, 0) is 0 Å². The van der Waals surface area contributed by atoms with Crippen LogP contribution >= 0.6 is 23.5 Å². The topological polar surface area (TPSA) is 0 Å². The number of unbranched alkanes of at least 4 members (excludes halogenated alkanes) is 2. The van der Waals surface area contributed by atoms with Crippen LogP contribution in [-0.4, -0.2) is 12.0 Å². The van der Waals surface area contributed by atoms with Gasteiger partial charge in [0.15, 0.2) is 0 Å². The minimum atomic E-state index is 1.23. The summed E-state index contributed by atoms with van der Waals surface area (Å²) in [7, 11) is 0. The van der Waals surface area contributed by atoms with Crippen molar-refractivity contribution in [3.63, 3.8) is 0 Å². The predicted molar refractivity (Wildman–Crippen MR) is 86.0 cm³/mol. The molecule has 0 saturated carbocycles. The Hall–Kier alpha value is -0.600. The molecule has 0 fully saturated rings. The molecule has 0 amide bonds. The lowest BCUT2D eigenvalue weighted by Crippen LogP contribution is -1.84. The van der Waals surface area contributed by atoms with E-state index < -0.39 is 0 Å². The van der Waals surface area contributed by atoms with E-state index >= 15 is 0 Å². The number of fused-ring (bicyclic) bond motifs is 1. The second kappa shape index (κ2) is 7.10. The molecular weight excluding hydrogens is 256 g/mol. The van der Waals surface area contributed by atoms with Crippen LogP contribution in [0, 0.1) is 0 Å². The number of hydrogen-bond donors (Lipinski definition) is 0. The van der Waals surface area contributed by atoms with Crippen LogP contribution in [0.25, 0.3) is 10.8 Å². The van der Waals surface area contributed by atoms with Gasteiger partial charge in [0, 0.05) is 15.2 Å². The summed E-state index contributed by atoms with van der Waals surface area (Å²) in [5.74, 6) is 1.23. The van der Waals surface area contributed by atoms with Crippen LogP contribution in [0.3, 0.4) is 0 Å². The first-order chi connectivity index (χ1) is 8.86. The fourth-order valence-corrected chi connectivity index (χ4v) is 3.92. The molecule has 0 spiro atoms. The zero-order chi connectivity index (χ0) is 12.8. The molecular formula is C16H20S2. The maximum atomic E-state index is 2.26. The quantitative estimate of drug-likeness (QED) is 0.480. The normalized spacial score (nSPS) is 11.0. The lowest BCUT2D eigenvalue weighted by atomic mass is 10.1. The third-order valence-corrected chi connectivity index (χ3v) is 4.98. The fraction of sp³-hybridized carbons (Fsp3) is 0.375. The van der Waals surface area contributed by atoms with Gasteiger partial charge in [0.2, 0.25) is 0 Å². The average Bonchev–Trinajstić information content (AvgIpc) is 2.43. The Morgan fingerprint density at radius 2 is 1.67 bits per heavy atom. The molecule has 0 aromatic heterocycles. The van der Waals surface area contributed by atoms with Crippen molar-refractivity contribution in [2.75, 3.05) is 12.0 Å². The Bertz CT molecular complexity index is 500. The van der Waals surface area contributed by atoms with Gasteiger partial charge in [-0.25, -0.2) is 0 Å². The highest BCUT2D eigenvalue weighted by Crippen LogP contribution is 2.34. The molecule has 0 saturated heterocycles. The van der Waals surface area contributed by atoms with Gasteiger partial charge in [-0.2, -0.15) is 0 Å². The van der Waals surface area contributed by atoms with Crippen molar-refractivity contribution in [1.82, 2.24) is 0 Å². The lowest BCUT2D eigenvalue weighted by molar-refractivity contribution is 0.778. The molecule has 2 aromatic carbocycles. The zero-order valence-corrected chi connectivity index (χ0v) is 12.7. The van der Waals surface area contributed by atoms with Gasteiger partial charge in [-0.3, -0.25) is 0 Å². The van der Waals surface area contributed by atoms with Gasteiger partial charge in [-0.05, 0) is 35.9 Å². The number of benzene rings is 2. The molecule has 0 unspecified atom stereocenters. The summed E-state index contributed by atoms with van der Waals surface area (Å²) in [5.41, 5.74) is 0. The van der Waals surface area contributed by atoms with Gasteiger partial charge in [0.1, 0.15) is 0 Å². The maximum absolute atomic E-state index is 2.26. The first-order valence-corrected chi connectivity index (χ1v) is 8.76. The Balaban J connectivity index is 2.26. The monoisotopic (exact) mass is 276 g/mol. The van der Waals surface area contributed by atoms with Crippen molar-refractivity contribution in [2.45, 2.75) is 36.0 Å². The minimum Gasteiger partial charge on any atom is -0.129 e. The van der Waals surface area contributed by atoms with Crippen LogP contribution in [0.2, 0.25) is 0 Å². The summed E-state index contributed by atoms with van der Waals surface area (Å²) in [6.07, 6.45) is 6.12. The van der Waals surface area contributed by atoms with Gasteiger partial charge in [0.05, 0.1) is 0 Å². The van der Waals surface area contributed by atoms with Gasteiger partial charge in [-0.15, -0.1) is 23.5 Å². The fourth-order valence-electron chi connectivity index (χ4n) is 2.10. The van der Waals surface area contributed by atoms with Gasteiger partial charge >= 0.3 is 0 Å². The van der Waals surface area contributed by atoms with Gasteiger partial charge < -0.3 is 0 Å². The molecule has 96 valence electrons. The summed E-state index contributed by atoms with van der Waals surface area (Å²) >= 11 is 3.85. The van der Waals surface area contributed by atoms with Crippen molar-refractivity contribution < 1.29 is 0 Å². The van der Waals surface area contributed by atoms with E-state index in [9.17, 15) is 0 Å². The molecule has 2 aromatic rings. The van der Waals surface area contributed by atoms with Crippen LogP contribution in [0.4, 0.5) is 0 Å². The van der Waals surface area contributed by atoms with E-state index in [0.29, 0.717) is 0 Å². The highest BCUT2D eigenvalue weighted by molar-refractivity contribution is 8.00. The highest BCUT2D eigenvalue weighted by Gasteiger charge is 2.05. The first-order valence-electron chi connectivity index (χ1n) is 6.55. The maximum Gasteiger partial charge on any atom is 0.0162 e. The second-order valence-electron chi connectivity index (χ2n) is 4.37. The summed E-state index contributed by atoms with van der Waals surface area (Å²) in [6.45, 7) is 2.26. The van der Waals surface area contributed by atoms with Crippen molar-refractivity contribution in [3.8, 4) is 0 Å². The molecule has 0 aliphatic rings. The standard InChI is InChI=1S/C16H20S2/c1-3-4-5-12-18-15-11-7-9-13-8-6-10-14(17-2)16(13)15/h6-11H,3-5,12H2,1-2H3. The zero-order valence-electron chi connectivity index (χ0n) is 11.1. The third-order valence-electron chi connectivity index (χ3n) is 3.05. The van der Waals surface area contributed by atoms with E-state index in [1.54, 1.807) is 0 Å². The van der Waals surface area contributed by atoms with E-state index in [4.69, 9.17) is 0 Å². The molecule has 0 aliphatic carbocycles. The van der Waals surface area contributed by atoms with E-state index in [0.717, 1.165) is 0 Å². The molecule has 0 nitrogen and oxygen atoms in total. The number of hydrogen-bond acceptors (Lipinski definition) is 2. The van der Waals surface area contributed by atoms with Crippen molar-refractivity contribution >= 4 is 34.3 Å². The number of rotatable bonds is 6. The lowest BCUT2D eigenvalue weighted by Gasteiger charge is -2.09. The van der Waals surface area contributed by atoms with E-state index in [1.807, 2.05) is 23.5 Å². The van der Waals surface area contributed by atoms with Crippen LogP contribution in [0.1, 0.15) is 26.2 Å². The molecule has 0 aliphatic heterocycles. The predicted octanol–water partition coefficient (Wildman–Crippen LogP) is 5.84. The van der Waals surface area contributed by atoms with Gasteiger partial charge in [-0.1, -0.05) is 44.0 Å². The molecule has 0 radical (unpaired) electrons. The largest absolute Gasteiger partial charge is 0.129 e. The molecule has 2 rings (SSSR count). The smallest absolute Gasteiger partial charge is 0.0162 e. The molecule has 0 N–H and O–H groups in total. The molecule has 0 bridgehead atoms. The highest BCUT2D eigenvalue weighted by atomic mass is 32.2. The molecule has 2 heteroatoms.